The molecule has 1 aromatic rings. The van der Waals surface area contributed by atoms with Gasteiger partial charge in [0.2, 0.25) is 5.91 Å². The quantitative estimate of drug-likeness (QED) is 0.657. The molecular weight excluding hydrogens is 230 g/mol. The third-order valence-electron chi connectivity index (χ3n) is 2.08. The second-order valence-electron chi connectivity index (χ2n) is 4.01. The van der Waals surface area contributed by atoms with Gasteiger partial charge in [0.15, 0.2) is 0 Å². The number of ether oxygens (including phenoxy) is 1. The van der Waals surface area contributed by atoms with Crippen LogP contribution < -0.4 is 5.32 Å². The highest BCUT2D eigenvalue weighted by Crippen LogP contribution is 2.10. The molecule has 1 N–H and O–H groups in total. The normalized spacial score (nSPS) is 9.50. The number of rotatable bonds is 4. The van der Waals surface area contributed by atoms with E-state index in [-0.39, 0.29) is 11.9 Å². The molecule has 0 saturated carbocycles. The molecule has 0 aliphatic heterocycles. The molecule has 0 atom stereocenters. The van der Waals surface area contributed by atoms with Crippen molar-refractivity contribution in [3.8, 4) is 0 Å². The molecule has 0 fully saturated rings. The number of amides is 1. The molecule has 1 aromatic carbocycles. The van der Waals surface area contributed by atoms with Crippen LogP contribution in [0.15, 0.2) is 35.9 Å². The third kappa shape index (κ3) is 4.41. The van der Waals surface area contributed by atoms with Crippen molar-refractivity contribution >= 4 is 17.6 Å². The fourth-order valence-corrected chi connectivity index (χ4v) is 1.34. The van der Waals surface area contributed by atoms with Gasteiger partial charge in [-0.2, -0.15) is 0 Å². The van der Waals surface area contributed by atoms with Gasteiger partial charge in [0.05, 0.1) is 12.2 Å². The van der Waals surface area contributed by atoms with Crippen LogP contribution in [0.3, 0.4) is 0 Å². The van der Waals surface area contributed by atoms with E-state index in [0.717, 1.165) is 5.57 Å². The van der Waals surface area contributed by atoms with E-state index < -0.39 is 0 Å². The van der Waals surface area contributed by atoms with Crippen LogP contribution in [-0.4, -0.2) is 18.5 Å². The minimum absolute atomic E-state index is 0.182. The Balaban J connectivity index is 2.69. The van der Waals surface area contributed by atoms with E-state index in [1.807, 2.05) is 13.8 Å². The van der Waals surface area contributed by atoms with Gasteiger partial charge < -0.3 is 10.1 Å². The smallest absolute Gasteiger partial charge is 0.338 e. The number of carbonyl (C=O) groups excluding carboxylic acids is 2. The zero-order chi connectivity index (χ0) is 13.5. The molecule has 0 heterocycles. The van der Waals surface area contributed by atoms with E-state index in [4.69, 9.17) is 4.74 Å². The number of anilines is 1. The van der Waals surface area contributed by atoms with Gasteiger partial charge in [0.1, 0.15) is 0 Å². The lowest BCUT2D eigenvalue weighted by Gasteiger charge is -2.04. The molecule has 0 bridgehead atoms. The largest absolute Gasteiger partial charge is 0.462 e. The molecule has 96 valence electrons. The first-order chi connectivity index (χ1) is 8.52. The van der Waals surface area contributed by atoms with Gasteiger partial charge in [0.25, 0.3) is 0 Å². The number of carbonyl (C=O) groups is 2. The second-order valence-corrected chi connectivity index (χ2v) is 4.01. The Kier molecular flexibility index (Phi) is 5.11. The highest BCUT2D eigenvalue weighted by atomic mass is 16.5. The standard InChI is InChI=1S/C14H17NO3/c1-4-18-14(17)11-5-7-12(8-6-11)15-13(16)9-10(2)3/h5-9H,4H2,1-3H3,(H,15,16). The molecule has 1 rings (SSSR count). The van der Waals surface area contributed by atoms with E-state index in [9.17, 15) is 9.59 Å². The second kappa shape index (κ2) is 6.59. The van der Waals surface area contributed by atoms with Crippen molar-refractivity contribution in [1.29, 1.82) is 0 Å². The highest BCUT2D eigenvalue weighted by molar-refractivity contribution is 6.00. The van der Waals surface area contributed by atoms with Crippen LogP contribution in [0.5, 0.6) is 0 Å². The Morgan fingerprint density at radius 1 is 1.22 bits per heavy atom. The molecule has 0 aromatic heterocycles. The van der Waals surface area contributed by atoms with Crippen molar-refractivity contribution in [2.24, 2.45) is 0 Å². The number of benzene rings is 1. The average molecular weight is 247 g/mol. The van der Waals surface area contributed by atoms with Crippen molar-refractivity contribution in [3.05, 3.63) is 41.5 Å². The van der Waals surface area contributed by atoms with Crippen LogP contribution in [-0.2, 0) is 9.53 Å². The van der Waals surface area contributed by atoms with Crippen LogP contribution >= 0.6 is 0 Å². The SMILES string of the molecule is CCOC(=O)c1ccc(NC(=O)C=C(C)C)cc1. The van der Waals surface area contributed by atoms with Gasteiger partial charge in [-0.3, -0.25) is 4.79 Å². The number of hydrogen-bond donors (Lipinski definition) is 1. The monoisotopic (exact) mass is 247 g/mol. The minimum Gasteiger partial charge on any atom is -0.462 e. The first-order valence-electron chi connectivity index (χ1n) is 5.76. The lowest BCUT2D eigenvalue weighted by atomic mass is 10.2. The van der Waals surface area contributed by atoms with Crippen LogP contribution in [0.2, 0.25) is 0 Å². The topological polar surface area (TPSA) is 55.4 Å². The number of hydrogen-bond acceptors (Lipinski definition) is 3. The molecule has 4 heteroatoms. The van der Waals surface area contributed by atoms with E-state index in [2.05, 4.69) is 5.32 Å². The molecule has 18 heavy (non-hydrogen) atoms. The molecule has 0 radical (unpaired) electrons. The maximum atomic E-state index is 11.5. The minimum atomic E-state index is -0.361. The summed E-state index contributed by atoms with van der Waals surface area (Å²) in [7, 11) is 0. The zero-order valence-electron chi connectivity index (χ0n) is 10.8. The van der Waals surface area contributed by atoms with Crippen LogP contribution in [0, 0.1) is 0 Å². The van der Waals surface area contributed by atoms with E-state index >= 15 is 0 Å². The third-order valence-corrected chi connectivity index (χ3v) is 2.08. The van der Waals surface area contributed by atoms with Gasteiger partial charge in [-0.25, -0.2) is 4.79 Å². The lowest BCUT2D eigenvalue weighted by molar-refractivity contribution is -0.111. The van der Waals surface area contributed by atoms with Crippen LogP contribution in [0.1, 0.15) is 31.1 Å². The summed E-state index contributed by atoms with van der Waals surface area (Å²) in [6, 6.07) is 6.58. The Hall–Kier alpha value is -2.10. The molecule has 0 unspecified atom stereocenters. The summed E-state index contributed by atoms with van der Waals surface area (Å²) in [6.07, 6.45) is 1.51. The summed E-state index contributed by atoms with van der Waals surface area (Å²) in [6.45, 7) is 5.80. The summed E-state index contributed by atoms with van der Waals surface area (Å²) in [5, 5.41) is 2.70. The van der Waals surface area contributed by atoms with E-state index in [1.54, 1.807) is 31.2 Å². The average Bonchev–Trinajstić information content (AvgIpc) is 2.29. The van der Waals surface area contributed by atoms with Gasteiger partial charge in [-0.15, -0.1) is 0 Å². The Labute approximate surface area is 107 Å². The molecule has 0 aliphatic carbocycles. The number of esters is 1. The van der Waals surface area contributed by atoms with Crippen molar-refractivity contribution in [2.75, 3.05) is 11.9 Å². The fourth-order valence-electron chi connectivity index (χ4n) is 1.34. The Morgan fingerprint density at radius 3 is 2.33 bits per heavy atom. The molecule has 4 nitrogen and oxygen atoms in total. The van der Waals surface area contributed by atoms with Crippen LogP contribution in [0.4, 0.5) is 5.69 Å². The van der Waals surface area contributed by atoms with Gasteiger partial charge >= 0.3 is 5.97 Å². The van der Waals surface area contributed by atoms with Gasteiger partial charge in [-0.05, 0) is 45.0 Å². The van der Waals surface area contributed by atoms with Crippen molar-refractivity contribution < 1.29 is 14.3 Å². The van der Waals surface area contributed by atoms with Crippen molar-refractivity contribution in [2.45, 2.75) is 20.8 Å². The molecule has 1 amide bonds. The molecule has 0 saturated heterocycles. The highest BCUT2D eigenvalue weighted by Gasteiger charge is 2.06. The summed E-state index contributed by atoms with van der Waals surface area (Å²) in [4.78, 5) is 22.9. The first kappa shape index (κ1) is 14.0. The summed E-state index contributed by atoms with van der Waals surface area (Å²) in [5.41, 5.74) is 2.04. The first-order valence-corrected chi connectivity index (χ1v) is 5.76. The molecular formula is C14H17NO3. The van der Waals surface area contributed by atoms with Crippen molar-refractivity contribution in [1.82, 2.24) is 0 Å². The fraction of sp³-hybridized carbons (Fsp3) is 0.286. The summed E-state index contributed by atoms with van der Waals surface area (Å²) >= 11 is 0. The lowest BCUT2D eigenvalue weighted by Crippen LogP contribution is -2.09. The van der Waals surface area contributed by atoms with Gasteiger partial charge in [-0.1, -0.05) is 5.57 Å². The maximum Gasteiger partial charge on any atom is 0.338 e. The van der Waals surface area contributed by atoms with E-state index in [0.29, 0.717) is 17.9 Å². The Bertz CT molecular complexity index is 456. The summed E-state index contributed by atoms with van der Waals surface area (Å²) in [5.74, 6) is -0.543. The molecule has 0 aliphatic rings. The Morgan fingerprint density at radius 2 is 1.83 bits per heavy atom. The van der Waals surface area contributed by atoms with Gasteiger partial charge in [0, 0.05) is 11.8 Å². The van der Waals surface area contributed by atoms with Crippen LogP contribution in [0.25, 0.3) is 0 Å². The number of allylic oxidation sites excluding steroid dienone is 1. The predicted molar refractivity (Wildman–Crippen MR) is 70.5 cm³/mol. The molecule has 0 spiro atoms. The summed E-state index contributed by atoms with van der Waals surface area (Å²) < 4.78 is 4.87. The maximum absolute atomic E-state index is 11.5. The van der Waals surface area contributed by atoms with Crippen molar-refractivity contribution in [3.63, 3.8) is 0 Å². The van der Waals surface area contributed by atoms with E-state index in [1.165, 1.54) is 6.08 Å². The predicted octanol–water partition coefficient (Wildman–Crippen LogP) is 2.77. The zero-order valence-corrected chi connectivity index (χ0v) is 10.8. The number of nitrogens with one attached hydrogen (secondary N) is 1.